The van der Waals surface area contributed by atoms with Gasteiger partial charge in [-0.25, -0.2) is 0 Å². The van der Waals surface area contributed by atoms with Gasteiger partial charge in [0.25, 0.3) is 0 Å². The van der Waals surface area contributed by atoms with Crippen LogP contribution in [-0.4, -0.2) is 6.29 Å². The first kappa shape index (κ1) is 14.8. The molecule has 0 heterocycles. The molecule has 3 heteroatoms. The summed E-state index contributed by atoms with van der Waals surface area (Å²) in [6.45, 7) is 1.53. The zero-order valence-corrected chi connectivity index (χ0v) is 12.8. The van der Waals surface area contributed by atoms with Crippen molar-refractivity contribution in [2.45, 2.75) is 13.1 Å². The van der Waals surface area contributed by atoms with Crippen LogP contribution < -0.4 is 5.32 Å². The van der Waals surface area contributed by atoms with Crippen LogP contribution in [0.3, 0.4) is 0 Å². The van der Waals surface area contributed by atoms with E-state index in [1.807, 2.05) is 54.6 Å². The molecule has 0 saturated carbocycles. The largest absolute Gasteiger partial charge is 0.309 e. The Bertz CT molecular complexity index is 796. The number of hydrogen-bond donors (Lipinski definition) is 1. The van der Waals surface area contributed by atoms with Gasteiger partial charge in [0.2, 0.25) is 0 Å². The van der Waals surface area contributed by atoms with E-state index < -0.39 is 0 Å². The van der Waals surface area contributed by atoms with Crippen molar-refractivity contribution in [3.8, 4) is 0 Å². The van der Waals surface area contributed by atoms with Crippen molar-refractivity contribution in [3.63, 3.8) is 0 Å². The van der Waals surface area contributed by atoms with Crippen LogP contribution in [0.1, 0.15) is 21.5 Å². The van der Waals surface area contributed by atoms with Crippen LogP contribution in [0.2, 0.25) is 5.02 Å². The molecule has 0 aliphatic rings. The highest BCUT2D eigenvalue weighted by molar-refractivity contribution is 6.30. The summed E-state index contributed by atoms with van der Waals surface area (Å²) in [7, 11) is 0. The Labute approximate surface area is 134 Å². The number of aldehydes is 1. The first-order valence-electron chi connectivity index (χ1n) is 7.19. The van der Waals surface area contributed by atoms with Crippen molar-refractivity contribution in [1.82, 2.24) is 5.32 Å². The zero-order valence-electron chi connectivity index (χ0n) is 12.1. The molecule has 0 aromatic heterocycles. The molecule has 3 rings (SSSR count). The van der Waals surface area contributed by atoms with E-state index in [4.69, 9.17) is 11.6 Å². The molecular weight excluding hydrogens is 294 g/mol. The van der Waals surface area contributed by atoms with Gasteiger partial charge in [0, 0.05) is 23.7 Å². The van der Waals surface area contributed by atoms with E-state index >= 15 is 0 Å². The summed E-state index contributed by atoms with van der Waals surface area (Å²) in [5.74, 6) is 0. The number of carbonyl (C=O) groups is 1. The number of nitrogens with one attached hydrogen (secondary N) is 1. The predicted octanol–water partition coefficient (Wildman–Crippen LogP) is 4.60. The summed E-state index contributed by atoms with van der Waals surface area (Å²) >= 11 is 5.89. The second-order valence-corrected chi connectivity index (χ2v) is 5.64. The highest BCUT2D eigenvalue weighted by Crippen LogP contribution is 2.22. The van der Waals surface area contributed by atoms with E-state index in [-0.39, 0.29) is 0 Å². The Kier molecular flexibility index (Phi) is 4.52. The van der Waals surface area contributed by atoms with Gasteiger partial charge in [0.05, 0.1) is 0 Å². The zero-order chi connectivity index (χ0) is 15.4. The summed E-state index contributed by atoms with van der Waals surface area (Å²) in [6.07, 6.45) is 0.910. The molecule has 1 N–H and O–H groups in total. The molecule has 22 heavy (non-hydrogen) atoms. The molecule has 0 aliphatic carbocycles. The molecule has 0 atom stereocenters. The molecule has 0 aliphatic heterocycles. The van der Waals surface area contributed by atoms with E-state index in [0.29, 0.717) is 0 Å². The fourth-order valence-corrected chi connectivity index (χ4v) is 2.71. The van der Waals surface area contributed by atoms with Crippen LogP contribution in [0.15, 0.2) is 60.7 Å². The second-order valence-electron chi connectivity index (χ2n) is 5.21. The summed E-state index contributed by atoms with van der Waals surface area (Å²) in [5.41, 5.74) is 3.12. The maximum atomic E-state index is 11.1. The first-order chi connectivity index (χ1) is 10.8. The van der Waals surface area contributed by atoms with Crippen LogP contribution in [0.25, 0.3) is 10.8 Å². The Morgan fingerprint density at radius 1 is 0.864 bits per heavy atom. The smallest absolute Gasteiger partial charge is 0.150 e. The Hall–Kier alpha value is -2.16. The predicted molar refractivity (Wildman–Crippen MR) is 91.3 cm³/mol. The van der Waals surface area contributed by atoms with E-state index in [1.165, 1.54) is 11.1 Å². The lowest BCUT2D eigenvalue weighted by atomic mass is 10.00. The topological polar surface area (TPSA) is 29.1 Å². The van der Waals surface area contributed by atoms with E-state index in [0.717, 1.165) is 40.7 Å². The number of benzene rings is 3. The van der Waals surface area contributed by atoms with Gasteiger partial charge in [0.15, 0.2) is 6.29 Å². The molecule has 0 bridgehead atoms. The molecule has 0 fully saturated rings. The monoisotopic (exact) mass is 309 g/mol. The van der Waals surface area contributed by atoms with Gasteiger partial charge < -0.3 is 5.32 Å². The molecule has 3 aromatic carbocycles. The quantitative estimate of drug-likeness (QED) is 0.698. The normalized spacial score (nSPS) is 10.8. The fraction of sp³-hybridized carbons (Fsp3) is 0.105. The van der Waals surface area contributed by atoms with E-state index in [2.05, 4.69) is 11.4 Å². The minimum Gasteiger partial charge on any atom is -0.309 e. The fourth-order valence-electron chi connectivity index (χ4n) is 2.59. The number of halogens is 1. The van der Waals surface area contributed by atoms with Crippen molar-refractivity contribution in [1.29, 1.82) is 0 Å². The highest BCUT2D eigenvalue weighted by Gasteiger charge is 2.04. The number of hydrogen-bond acceptors (Lipinski definition) is 2. The van der Waals surface area contributed by atoms with Crippen molar-refractivity contribution < 1.29 is 4.79 Å². The highest BCUT2D eigenvalue weighted by atomic mass is 35.5. The molecule has 0 radical (unpaired) electrons. The maximum Gasteiger partial charge on any atom is 0.150 e. The SMILES string of the molecule is O=Cc1ccc(CNCc2ccc(Cl)cc2)c2ccccc12. The van der Waals surface area contributed by atoms with E-state index in [1.54, 1.807) is 0 Å². The summed E-state index contributed by atoms with van der Waals surface area (Å²) in [4.78, 5) is 11.1. The van der Waals surface area contributed by atoms with Crippen LogP contribution in [0, 0.1) is 0 Å². The molecule has 110 valence electrons. The number of fused-ring (bicyclic) bond motifs is 1. The third-order valence-electron chi connectivity index (χ3n) is 3.73. The van der Waals surface area contributed by atoms with Gasteiger partial charge in [-0.15, -0.1) is 0 Å². The average Bonchev–Trinajstić information content (AvgIpc) is 2.57. The van der Waals surface area contributed by atoms with Crippen molar-refractivity contribution in [3.05, 3.63) is 82.4 Å². The van der Waals surface area contributed by atoms with E-state index in [9.17, 15) is 4.79 Å². The van der Waals surface area contributed by atoms with Crippen LogP contribution in [0.5, 0.6) is 0 Å². The summed E-state index contributed by atoms with van der Waals surface area (Å²) in [6, 6.07) is 19.7. The van der Waals surface area contributed by atoms with Crippen molar-refractivity contribution in [2.24, 2.45) is 0 Å². The first-order valence-corrected chi connectivity index (χ1v) is 7.56. The van der Waals surface area contributed by atoms with Gasteiger partial charge in [-0.1, -0.05) is 60.1 Å². The van der Waals surface area contributed by atoms with Crippen LogP contribution in [-0.2, 0) is 13.1 Å². The van der Waals surface area contributed by atoms with Gasteiger partial charge in [-0.3, -0.25) is 4.79 Å². The molecule has 0 unspecified atom stereocenters. The minimum atomic E-state index is 0.733. The standard InChI is InChI=1S/C19H16ClNO/c20-17-9-5-14(6-10-17)11-21-12-15-7-8-16(13-22)19-4-2-1-3-18(15)19/h1-10,13,21H,11-12H2. The summed E-state index contributed by atoms with van der Waals surface area (Å²) < 4.78 is 0. The number of rotatable bonds is 5. The molecule has 2 nitrogen and oxygen atoms in total. The van der Waals surface area contributed by atoms with Crippen molar-refractivity contribution in [2.75, 3.05) is 0 Å². The van der Waals surface area contributed by atoms with Crippen LogP contribution in [0.4, 0.5) is 0 Å². The molecular formula is C19H16ClNO. The Balaban J connectivity index is 1.77. The molecule has 0 saturated heterocycles. The van der Waals surface area contributed by atoms with Gasteiger partial charge in [0.1, 0.15) is 0 Å². The van der Waals surface area contributed by atoms with Crippen LogP contribution >= 0.6 is 11.6 Å². The molecule has 3 aromatic rings. The third-order valence-corrected chi connectivity index (χ3v) is 3.98. The Morgan fingerprint density at radius 2 is 1.59 bits per heavy atom. The van der Waals surface area contributed by atoms with Gasteiger partial charge in [-0.05, 0) is 34.0 Å². The lowest BCUT2D eigenvalue weighted by molar-refractivity contribution is 0.112. The lowest BCUT2D eigenvalue weighted by Crippen LogP contribution is -2.13. The van der Waals surface area contributed by atoms with Gasteiger partial charge in [-0.2, -0.15) is 0 Å². The second kappa shape index (κ2) is 6.73. The third kappa shape index (κ3) is 3.19. The van der Waals surface area contributed by atoms with Crippen molar-refractivity contribution >= 4 is 28.7 Å². The van der Waals surface area contributed by atoms with Gasteiger partial charge >= 0.3 is 0 Å². The minimum absolute atomic E-state index is 0.733. The molecule has 0 spiro atoms. The maximum absolute atomic E-state index is 11.1. The molecule has 0 amide bonds. The average molecular weight is 310 g/mol. The number of carbonyl (C=O) groups excluding carboxylic acids is 1. The Morgan fingerprint density at radius 3 is 2.32 bits per heavy atom. The summed E-state index contributed by atoms with van der Waals surface area (Å²) in [5, 5.41) is 6.31. The lowest BCUT2D eigenvalue weighted by Gasteiger charge is -2.10.